The zero-order valence-corrected chi connectivity index (χ0v) is 8.86. The highest BCUT2D eigenvalue weighted by Crippen LogP contribution is 2.02. The Hall–Kier alpha value is -1.98. The van der Waals surface area contributed by atoms with E-state index in [0.717, 1.165) is 17.0 Å². The smallest absolute Gasteiger partial charge is 0.0388 e. The van der Waals surface area contributed by atoms with Gasteiger partial charge in [-0.25, -0.2) is 0 Å². The summed E-state index contributed by atoms with van der Waals surface area (Å²) < 4.78 is 0. The number of aromatic nitrogens is 1. The summed E-state index contributed by atoms with van der Waals surface area (Å²) >= 11 is 0. The van der Waals surface area contributed by atoms with E-state index in [0.29, 0.717) is 13.0 Å². The first-order chi connectivity index (χ1) is 7.22. The topological polar surface area (TPSA) is 61.7 Å². The molecule has 0 amide bonds. The van der Waals surface area contributed by atoms with Gasteiger partial charge in [-0.05, 0) is 31.5 Å². The van der Waals surface area contributed by atoms with E-state index in [9.17, 15) is 0 Å². The number of rotatable bonds is 2. The summed E-state index contributed by atoms with van der Waals surface area (Å²) in [5, 5.41) is 3.40. The van der Waals surface area contributed by atoms with Crippen molar-refractivity contribution < 1.29 is 0 Å². The van der Waals surface area contributed by atoms with Crippen LogP contribution in [0.25, 0.3) is 10.4 Å². The lowest BCUT2D eigenvalue weighted by Crippen LogP contribution is -1.87. The summed E-state index contributed by atoms with van der Waals surface area (Å²) in [5.41, 5.74) is 11.0. The molecule has 0 atom stereocenters. The van der Waals surface area contributed by atoms with Crippen molar-refractivity contribution in [3.8, 4) is 11.8 Å². The van der Waals surface area contributed by atoms with Crippen molar-refractivity contribution in [2.75, 3.05) is 6.54 Å². The fourth-order valence-electron chi connectivity index (χ4n) is 1.22. The molecule has 0 aliphatic rings. The maximum atomic E-state index is 8.06. The summed E-state index contributed by atoms with van der Waals surface area (Å²) in [6.07, 6.45) is 0.588. The van der Waals surface area contributed by atoms with Crippen LogP contribution in [0.2, 0.25) is 0 Å². The lowest BCUT2D eigenvalue weighted by atomic mass is 10.2. The molecule has 15 heavy (non-hydrogen) atoms. The van der Waals surface area contributed by atoms with Crippen molar-refractivity contribution in [2.24, 2.45) is 5.11 Å². The van der Waals surface area contributed by atoms with Crippen molar-refractivity contribution in [1.82, 2.24) is 4.98 Å². The molecule has 0 fully saturated rings. The van der Waals surface area contributed by atoms with Gasteiger partial charge >= 0.3 is 0 Å². The number of hydrogen-bond acceptors (Lipinski definition) is 2. The Morgan fingerprint density at radius 2 is 2.07 bits per heavy atom. The highest BCUT2D eigenvalue weighted by Gasteiger charge is 1.92. The Morgan fingerprint density at radius 3 is 2.67 bits per heavy atom. The van der Waals surface area contributed by atoms with Gasteiger partial charge in [0.05, 0.1) is 0 Å². The first kappa shape index (κ1) is 11.1. The Morgan fingerprint density at radius 1 is 1.40 bits per heavy atom. The van der Waals surface area contributed by atoms with Crippen LogP contribution < -0.4 is 0 Å². The van der Waals surface area contributed by atoms with Gasteiger partial charge in [0.1, 0.15) is 0 Å². The van der Waals surface area contributed by atoms with Gasteiger partial charge < -0.3 is 0 Å². The van der Waals surface area contributed by atoms with E-state index >= 15 is 0 Å². The number of aryl methyl sites for hydroxylation is 2. The third-order valence-electron chi connectivity index (χ3n) is 1.71. The minimum absolute atomic E-state index is 0.423. The predicted octanol–water partition coefficient (Wildman–Crippen LogP) is 2.75. The molecule has 0 aromatic carbocycles. The van der Waals surface area contributed by atoms with Crippen LogP contribution in [0.4, 0.5) is 0 Å². The fourth-order valence-corrected chi connectivity index (χ4v) is 1.22. The zero-order chi connectivity index (χ0) is 11.1. The first-order valence-electron chi connectivity index (χ1n) is 4.67. The van der Waals surface area contributed by atoms with Gasteiger partial charge in [0.15, 0.2) is 0 Å². The molecule has 0 aliphatic carbocycles. The number of hydrogen-bond donors (Lipinski definition) is 0. The van der Waals surface area contributed by atoms with E-state index in [1.165, 1.54) is 0 Å². The zero-order valence-electron chi connectivity index (χ0n) is 8.86. The molecular weight excluding hydrogens is 188 g/mol. The van der Waals surface area contributed by atoms with E-state index in [1.807, 2.05) is 26.0 Å². The maximum Gasteiger partial charge on any atom is 0.0388 e. The number of nitrogens with zero attached hydrogens (tertiary/aromatic N) is 4. The van der Waals surface area contributed by atoms with Crippen molar-refractivity contribution in [3.05, 3.63) is 39.5 Å². The summed E-state index contributed by atoms with van der Waals surface area (Å²) in [4.78, 5) is 6.91. The molecule has 1 rings (SSSR count). The van der Waals surface area contributed by atoms with Crippen LogP contribution in [0.15, 0.2) is 17.2 Å². The van der Waals surface area contributed by atoms with Crippen molar-refractivity contribution in [3.63, 3.8) is 0 Å². The molecule has 4 heteroatoms. The predicted molar refractivity (Wildman–Crippen MR) is 59.2 cm³/mol. The lowest BCUT2D eigenvalue weighted by molar-refractivity contribution is 1.01. The molecule has 0 saturated carbocycles. The average molecular weight is 200 g/mol. The van der Waals surface area contributed by atoms with Crippen LogP contribution in [-0.2, 0) is 0 Å². The molecule has 1 aromatic rings. The van der Waals surface area contributed by atoms with E-state index in [1.54, 1.807) is 0 Å². The van der Waals surface area contributed by atoms with Crippen LogP contribution in [0.1, 0.15) is 23.4 Å². The molecule has 1 heterocycles. The van der Waals surface area contributed by atoms with Crippen molar-refractivity contribution in [1.29, 1.82) is 0 Å². The Kier molecular flexibility index (Phi) is 4.21. The number of azide groups is 1. The number of pyridine rings is 1. The van der Waals surface area contributed by atoms with E-state index in [2.05, 4.69) is 26.9 Å². The van der Waals surface area contributed by atoms with Crippen LogP contribution in [0, 0.1) is 25.7 Å². The quantitative estimate of drug-likeness (QED) is 0.238. The van der Waals surface area contributed by atoms with Crippen LogP contribution >= 0.6 is 0 Å². The van der Waals surface area contributed by atoms with Crippen LogP contribution in [0.3, 0.4) is 0 Å². The normalized spacial score (nSPS) is 8.67. The third-order valence-corrected chi connectivity index (χ3v) is 1.71. The second-order valence-corrected chi connectivity index (χ2v) is 3.14. The molecule has 0 aliphatic heterocycles. The van der Waals surface area contributed by atoms with Crippen LogP contribution in [0.5, 0.6) is 0 Å². The van der Waals surface area contributed by atoms with E-state index in [-0.39, 0.29) is 0 Å². The molecule has 76 valence electrons. The minimum Gasteiger partial charge on any atom is -0.258 e. The van der Waals surface area contributed by atoms with Gasteiger partial charge in [0.2, 0.25) is 0 Å². The molecule has 0 radical (unpaired) electrons. The maximum absolute atomic E-state index is 8.06. The lowest BCUT2D eigenvalue weighted by Gasteiger charge is -1.96. The molecule has 0 bridgehead atoms. The second kappa shape index (κ2) is 5.69. The van der Waals surface area contributed by atoms with E-state index in [4.69, 9.17) is 5.53 Å². The summed E-state index contributed by atoms with van der Waals surface area (Å²) in [5.74, 6) is 5.96. The Balaban J connectivity index is 2.67. The molecule has 0 unspecified atom stereocenters. The van der Waals surface area contributed by atoms with Gasteiger partial charge in [-0.15, -0.1) is 0 Å². The molecular formula is C11H12N4. The fraction of sp³-hybridized carbons (Fsp3) is 0.364. The SMILES string of the molecule is Cc1cc(C#CCCN=[N+]=[N-])cc(C)n1. The van der Waals surface area contributed by atoms with Crippen LogP contribution in [-0.4, -0.2) is 11.5 Å². The standard InChI is InChI=1S/C11H12N4/c1-9-7-11(8-10(2)14-9)5-3-4-6-13-15-12/h7-8H,4,6H2,1-2H3. The average Bonchev–Trinajstić information content (AvgIpc) is 2.16. The van der Waals surface area contributed by atoms with Gasteiger partial charge in [-0.1, -0.05) is 17.0 Å². The van der Waals surface area contributed by atoms with Gasteiger partial charge in [-0.2, -0.15) is 0 Å². The summed E-state index contributed by atoms with van der Waals surface area (Å²) in [6, 6.07) is 3.88. The Bertz CT molecular complexity index is 427. The van der Waals surface area contributed by atoms with Gasteiger partial charge in [0.25, 0.3) is 0 Å². The van der Waals surface area contributed by atoms with Gasteiger partial charge in [-0.3, -0.25) is 4.98 Å². The summed E-state index contributed by atoms with van der Waals surface area (Å²) in [7, 11) is 0. The largest absolute Gasteiger partial charge is 0.258 e. The first-order valence-corrected chi connectivity index (χ1v) is 4.67. The highest BCUT2D eigenvalue weighted by molar-refractivity contribution is 5.36. The molecule has 0 N–H and O–H groups in total. The molecule has 0 saturated heterocycles. The summed E-state index contributed by atoms with van der Waals surface area (Å²) in [6.45, 7) is 4.31. The van der Waals surface area contributed by atoms with E-state index < -0.39 is 0 Å². The van der Waals surface area contributed by atoms with Crippen molar-refractivity contribution in [2.45, 2.75) is 20.3 Å². The molecule has 4 nitrogen and oxygen atoms in total. The monoisotopic (exact) mass is 200 g/mol. The highest BCUT2D eigenvalue weighted by atomic mass is 15.1. The second-order valence-electron chi connectivity index (χ2n) is 3.14. The third kappa shape index (κ3) is 4.17. The van der Waals surface area contributed by atoms with Gasteiger partial charge in [0, 0.05) is 34.8 Å². The minimum atomic E-state index is 0.423. The molecule has 0 spiro atoms. The van der Waals surface area contributed by atoms with Crippen molar-refractivity contribution >= 4 is 0 Å². The Labute approximate surface area is 89.0 Å². The molecule has 1 aromatic heterocycles.